The van der Waals surface area contributed by atoms with Gasteiger partial charge in [0.05, 0.1) is 12.1 Å². The lowest BCUT2D eigenvalue weighted by atomic mass is 9.66. The van der Waals surface area contributed by atoms with Crippen molar-refractivity contribution in [2.45, 2.75) is 43.7 Å². The van der Waals surface area contributed by atoms with Crippen LogP contribution in [0.1, 0.15) is 43.7 Å². The summed E-state index contributed by atoms with van der Waals surface area (Å²) in [5.74, 6) is 1.78. The summed E-state index contributed by atoms with van der Waals surface area (Å²) >= 11 is 0. The third-order valence-electron chi connectivity index (χ3n) is 5.85. The van der Waals surface area contributed by atoms with E-state index < -0.39 is 5.60 Å². The molecule has 4 atom stereocenters. The van der Waals surface area contributed by atoms with Gasteiger partial charge in [-0.25, -0.2) is 0 Å². The molecular formula is C18H23N2O3+. The average molecular weight is 315 g/mol. The molecule has 0 aromatic heterocycles. The summed E-state index contributed by atoms with van der Waals surface area (Å²) in [5, 5.41) is 20.4. The molecule has 2 aliphatic heterocycles. The van der Waals surface area contributed by atoms with E-state index in [1.165, 1.54) is 4.90 Å². The van der Waals surface area contributed by atoms with Gasteiger partial charge in [0, 0.05) is 17.9 Å². The molecule has 1 saturated carbocycles. The number of aliphatic hydroxyl groups is 1. The van der Waals surface area contributed by atoms with Gasteiger partial charge in [-0.1, -0.05) is 12.8 Å². The Morgan fingerprint density at radius 1 is 1.26 bits per heavy atom. The highest BCUT2D eigenvalue weighted by atomic mass is 16.7. The SMILES string of the molecule is N#CC[NH+]1CC[C@@]2(O)CCCC[C@H]2[C@H]1c1ccc2c(c1)OCO2. The van der Waals surface area contributed by atoms with Crippen LogP contribution in [0.25, 0.3) is 0 Å². The number of quaternary nitrogens is 1. The van der Waals surface area contributed by atoms with Gasteiger partial charge in [0.2, 0.25) is 6.79 Å². The monoisotopic (exact) mass is 315 g/mol. The predicted molar refractivity (Wildman–Crippen MR) is 83.1 cm³/mol. The first-order valence-corrected chi connectivity index (χ1v) is 8.55. The van der Waals surface area contributed by atoms with Crippen molar-refractivity contribution < 1.29 is 19.5 Å². The van der Waals surface area contributed by atoms with E-state index in [0.29, 0.717) is 6.54 Å². The number of hydrogen-bond acceptors (Lipinski definition) is 4. The molecule has 1 aromatic rings. The van der Waals surface area contributed by atoms with Crippen molar-refractivity contribution in [3.63, 3.8) is 0 Å². The third-order valence-corrected chi connectivity index (χ3v) is 5.85. The van der Waals surface area contributed by atoms with Crippen LogP contribution < -0.4 is 14.4 Å². The topological polar surface area (TPSA) is 66.9 Å². The van der Waals surface area contributed by atoms with Crippen LogP contribution >= 0.6 is 0 Å². The second-order valence-corrected chi connectivity index (χ2v) is 7.04. The van der Waals surface area contributed by atoms with Gasteiger partial charge in [-0.3, -0.25) is 0 Å². The van der Waals surface area contributed by atoms with Crippen LogP contribution in [0.15, 0.2) is 18.2 Å². The molecule has 4 rings (SSSR count). The maximum absolute atomic E-state index is 11.2. The summed E-state index contributed by atoms with van der Waals surface area (Å²) in [6, 6.07) is 8.56. The molecule has 3 aliphatic rings. The molecule has 1 aliphatic carbocycles. The minimum atomic E-state index is -0.571. The van der Waals surface area contributed by atoms with Gasteiger partial charge in [-0.05, 0) is 31.0 Å². The molecule has 1 aromatic carbocycles. The Hall–Kier alpha value is -1.77. The summed E-state index contributed by atoms with van der Waals surface area (Å²) in [6.45, 7) is 1.59. The first kappa shape index (κ1) is 14.8. The van der Waals surface area contributed by atoms with Crippen LogP contribution in [0, 0.1) is 17.2 Å². The van der Waals surface area contributed by atoms with Crippen LogP contribution in [0.3, 0.4) is 0 Å². The van der Waals surface area contributed by atoms with Crippen molar-refractivity contribution in [2.24, 2.45) is 5.92 Å². The minimum absolute atomic E-state index is 0.156. The maximum atomic E-state index is 11.2. The fourth-order valence-electron chi connectivity index (χ4n) is 4.73. The van der Waals surface area contributed by atoms with Crippen LogP contribution in [0.2, 0.25) is 0 Å². The number of ether oxygens (including phenoxy) is 2. The van der Waals surface area contributed by atoms with Crippen LogP contribution in [-0.4, -0.2) is 30.6 Å². The summed E-state index contributed by atoms with van der Waals surface area (Å²) in [4.78, 5) is 1.27. The third kappa shape index (κ3) is 2.46. The van der Waals surface area contributed by atoms with Gasteiger partial charge in [-0.2, -0.15) is 5.26 Å². The summed E-state index contributed by atoms with van der Waals surface area (Å²) in [5.41, 5.74) is 0.586. The standard InChI is InChI=1S/C18H22N2O3/c19-8-10-20-9-7-18(21)6-2-1-3-14(18)17(20)13-4-5-15-16(11-13)23-12-22-15/h4-5,11,14,17,21H,1-3,6-7,9-10,12H2/p+1/t14-,17+,18-/m0/s1. The average Bonchev–Trinajstić information content (AvgIpc) is 3.02. The lowest BCUT2D eigenvalue weighted by Crippen LogP contribution is -3.15. The van der Waals surface area contributed by atoms with Crippen molar-refractivity contribution in [2.75, 3.05) is 19.9 Å². The van der Waals surface area contributed by atoms with Crippen molar-refractivity contribution >= 4 is 0 Å². The van der Waals surface area contributed by atoms with E-state index in [1.54, 1.807) is 0 Å². The Bertz CT molecular complexity index is 642. The van der Waals surface area contributed by atoms with Gasteiger partial charge in [0.25, 0.3) is 0 Å². The zero-order chi connectivity index (χ0) is 15.9. The molecule has 0 bridgehead atoms. The highest BCUT2D eigenvalue weighted by Crippen LogP contribution is 2.45. The van der Waals surface area contributed by atoms with Crippen molar-refractivity contribution in [1.29, 1.82) is 5.26 Å². The van der Waals surface area contributed by atoms with Crippen molar-refractivity contribution in [3.8, 4) is 17.6 Å². The molecule has 2 fully saturated rings. The molecule has 0 spiro atoms. The first-order chi connectivity index (χ1) is 11.2. The molecule has 0 radical (unpaired) electrons. The van der Waals surface area contributed by atoms with E-state index in [4.69, 9.17) is 9.47 Å². The molecule has 122 valence electrons. The zero-order valence-electron chi connectivity index (χ0n) is 13.3. The quantitative estimate of drug-likeness (QED) is 0.805. The molecule has 2 N–H and O–H groups in total. The summed E-state index contributed by atoms with van der Waals surface area (Å²) in [6.07, 6.45) is 4.99. The van der Waals surface area contributed by atoms with Crippen LogP contribution in [-0.2, 0) is 0 Å². The number of fused-ring (bicyclic) bond motifs is 2. The number of likely N-dealkylation sites (tertiary alicyclic amines) is 1. The van der Waals surface area contributed by atoms with Gasteiger partial charge in [0.1, 0.15) is 12.1 Å². The predicted octanol–water partition coefficient (Wildman–Crippen LogP) is 1.19. The largest absolute Gasteiger partial charge is 0.454 e. The van der Waals surface area contributed by atoms with Gasteiger partial charge in [-0.15, -0.1) is 0 Å². The number of rotatable bonds is 2. The second-order valence-electron chi connectivity index (χ2n) is 7.04. The molecule has 0 amide bonds. The number of nitrogens with one attached hydrogen (secondary N) is 1. The fourth-order valence-corrected chi connectivity index (χ4v) is 4.73. The molecular weight excluding hydrogens is 292 g/mol. The number of nitriles is 1. The number of benzene rings is 1. The fraction of sp³-hybridized carbons (Fsp3) is 0.611. The summed E-state index contributed by atoms with van der Waals surface area (Å²) < 4.78 is 10.9. The Labute approximate surface area is 136 Å². The van der Waals surface area contributed by atoms with Crippen molar-refractivity contribution in [3.05, 3.63) is 23.8 Å². The normalized spacial score (nSPS) is 35.4. The molecule has 23 heavy (non-hydrogen) atoms. The number of nitrogens with zero attached hydrogens (tertiary/aromatic N) is 1. The van der Waals surface area contributed by atoms with Crippen LogP contribution in [0.4, 0.5) is 0 Å². The van der Waals surface area contributed by atoms with E-state index in [9.17, 15) is 10.4 Å². The Morgan fingerprint density at radius 3 is 3.00 bits per heavy atom. The second kappa shape index (κ2) is 5.70. The van der Waals surface area contributed by atoms with E-state index in [0.717, 1.165) is 55.7 Å². The van der Waals surface area contributed by atoms with E-state index in [1.807, 2.05) is 12.1 Å². The van der Waals surface area contributed by atoms with Gasteiger partial charge < -0.3 is 19.5 Å². The highest BCUT2D eigenvalue weighted by molar-refractivity contribution is 5.45. The van der Waals surface area contributed by atoms with E-state index >= 15 is 0 Å². The maximum Gasteiger partial charge on any atom is 0.231 e. The molecule has 2 heterocycles. The van der Waals surface area contributed by atoms with Crippen LogP contribution in [0.5, 0.6) is 11.5 Å². The Morgan fingerprint density at radius 2 is 2.13 bits per heavy atom. The zero-order valence-corrected chi connectivity index (χ0v) is 13.3. The van der Waals surface area contributed by atoms with Gasteiger partial charge in [0.15, 0.2) is 18.0 Å². The molecule has 5 nitrogen and oxygen atoms in total. The van der Waals surface area contributed by atoms with Crippen molar-refractivity contribution in [1.82, 2.24) is 0 Å². The highest BCUT2D eigenvalue weighted by Gasteiger charge is 2.51. The lowest BCUT2D eigenvalue weighted by molar-refractivity contribution is -0.938. The summed E-state index contributed by atoms with van der Waals surface area (Å²) in [7, 11) is 0. The minimum Gasteiger partial charge on any atom is -0.454 e. The van der Waals surface area contributed by atoms with E-state index in [-0.39, 0.29) is 18.8 Å². The van der Waals surface area contributed by atoms with E-state index in [2.05, 4.69) is 12.1 Å². The molecule has 1 saturated heterocycles. The first-order valence-electron chi connectivity index (χ1n) is 8.55. The Kier molecular flexibility index (Phi) is 3.67. The number of piperidine rings is 1. The molecule has 1 unspecified atom stereocenters. The Balaban J connectivity index is 1.72. The molecule has 5 heteroatoms. The van der Waals surface area contributed by atoms with Gasteiger partial charge >= 0.3 is 0 Å². The lowest BCUT2D eigenvalue weighted by Gasteiger charge is -2.49. The smallest absolute Gasteiger partial charge is 0.231 e. The number of hydrogen-bond donors (Lipinski definition) is 2.